The molecule has 10 heteroatoms. The Hall–Kier alpha value is -2.45. The van der Waals surface area contributed by atoms with Crippen LogP contribution in [-0.2, 0) is 11.2 Å². The van der Waals surface area contributed by atoms with Crippen molar-refractivity contribution in [1.29, 1.82) is 0 Å². The molecule has 0 spiro atoms. The molecule has 3 N–H and O–H groups in total. The average molecular weight is 505 g/mol. The molecule has 0 atom stereocenters. The number of nitrogens with zero attached hydrogens (tertiary/aromatic N) is 4. The van der Waals surface area contributed by atoms with Crippen LogP contribution in [0, 0.1) is 17.2 Å². The number of rotatable bonds is 6. The molecular formula is C24H27Cl2FN6O. The summed E-state index contributed by atoms with van der Waals surface area (Å²) in [7, 11) is 0. The summed E-state index contributed by atoms with van der Waals surface area (Å²) in [5.41, 5.74) is 6.55. The van der Waals surface area contributed by atoms with Crippen LogP contribution in [0.3, 0.4) is 0 Å². The number of primary amides is 1. The fourth-order valence-corrected chi connectivity index (χ4v) is 5.45. The lowest BCUT2D eigenvalue weighted by Gasteiger charge is -2.35. The van der Waals surface area contributed by atoms with Crippen molar-refractivity contribution in [1.82, 2.24) is 19.5 Å². The third kappa shape index (κ3) is 4.33. The standard InChI is InChI=1S/C24H27Cl2FN6O/c1-24(22(28)34)7-5-15(6-8-24)33-21-18(12-29-19(31-21)9-13-3-2-4-13)30-23(33)32-20-16(26)10-14(25)11-17(20)27/h10-13,15H,2-9H2,1H3,(H2,28,34)(H,30,32). The number of benzene rings is 1. The molecule has 3 aromatic rings. The summed E-state index contributed by atoms with van der Waals surface area (Å²) < 4.78 is 16.7. The van der Waals surface area contributed by atoms with Crippen LogP contribution in [0.5, 0.6) is 0 Å². The van der Waals surface area contributed by atoms with E-state index < -0.39 is 11.2 Å². The lowest BCUT2D eigenvalue weighted by Crippen LogP contribution is -2.38. The lowest BCUT2D eigenvalue weighted by molar-refractivity contribution is -0.128. The van der Waals surface area contributed by atoms with Crippen LogP contribution in [0.1, 0.15) is 63.7 Å². The number of imidazole rings is 1. The van der Waals surface area contributed by atoms with Gasteiger partial charge in [-0.3, -0.25) is 9.36 Å². The number of aromatic nitrogens is 4. The Morgan fingerprint density at radius 2 is 1.97 bits per heavy atom. The molecule has 7 nitrogen and oxygen atoms in total. The molecule has 0 radical (unpaired) electrons. The largest absolute Gasteiger partial charge is 0.369 e. The Labute approximate surface area is 207 Å². The maximum atomic E-state index is 14.7. The molecular weight excluding hydrogens is 478 g/mol. The van der Waals surface area contributed by atoms with Crippen molar-refractivity contribution in [2.24, 2.45) is 17.1 Å². The summed E-state index contributed by atoms with van der Waals surface area (Å²) >= 11 is 12.2. The zero-order valence-electron chi connectivity index (χ0n) is 19.0. The Balaban J connectivity index is 1.55. The van der Waals surface area contributed by atoms with Crippen molar-refractivity contribution in [2.75, 3.05) is 5.32 Å². The van der Waals surface area contributed by atoms with Crippen molar-refractivity contribution in [3.8, 4) is 0 Å². The van der Waals surface area contributed by atoms with Gasteiger partial charge in [-0.25, -0.2) is 19.3 Å². The molecule has 5 rings (SSSR count). The fraction of sp³-hybridized carbons (Fsp3) is 0.500. The first-order valence-corrected chi connectivity index (χ1v) is 12.4. The summed E-state index contributed by atoms with van der Waals surface area (Å²) in [4.78, 5) is 26.1. The van der Waals surface area contributed by atoms with Gasteiger partial charge in [0.2, 0.25) is 11.9 Å². The molecule has 1 amide bonds. The predicted molar refractivity (Wildman–Crippen MR) is 131 cm³/mol. The van der Waals surface area contributed by atoms with E-state index in [1.54, 1.807) is 6.20 Å². The van der Waals surface area contributed by atoms with E-state index in [-0.39, 0.29) is 27.7 Å². The highest BCUT2D eigenvalue weighted by Crippen LogP contribution is 2.43. The topological polar surface area (TPSA) is 98.7 Å². The van der Waals surface area contributed by atoms with E-state index in [9.17, 15) is 9.18 Å². The lowest BCUT2D eigenvalue weighted by atomic mass is 9.73. The number of nitrogens with one attached hydrogen (secondary N) is 1. The second kappa shape index (κ2) is 8.96. The zero-order chi connectivity index (χ0) is 24.0. The number of amides is 1. The molecule has 0 unspecified atom stereocenters. The predicted octanol–water partition coefficient (Wildman–Crippen LogP) is 5.97. The molecule has 2 saturated carbocycles. The van der Waals surface area contributed by atoms with Crippen LogP contribution in [0.15, 0.2) is 18.3 Å². The number of nitrogens with two attached hydrogens (primary N) is 1. The van der Waals surface area contributed by atoms with Gasteiger partial charge >= 0.3 is 0 Å². The van der Waals surface area contributed by atoms with Crippen LogP contribution in [0.4, 0.5) is 16.0 Å². The number of hydrogen-bond donors (Lipinski definition) is 2. The summed E-state index contributed by atoms with van der Waals surface area (Å²) in [5, 5.41) is 3.45. The van der Waals surface area contributed by atoms with Gasteiger partial charge in [-0.05, 0) is 43.7 Å². The first-order chi connectivity index (χ1) is 16.2. The third-order valence-electron chi connectivity index (χ3n) is 7.44. The summed E-state index contributed by atoms with van der Waals surface area (Å²) in [6.45, 7) is 1.92. The van der Waals surface area contributed by atoms with E-state index in [1.807, 2.05) is 11.5 Å². The highest BCUT2D eigenvalue weighted by molar-refractivity contribution is 6.36. The summed E-state index contributed by atoms with van der Waals surface area (Å²) in [6.07, 6.45) is 8.99. The molecule has 1 aromatic carbocycles. The SMILES string of the molecule is CC1(C(N)=O)CCC(n2c(Nc3c(F)cc(Cl)cc3Cl)nc3cnc(CC4CCC4)nc32)CC1. The number of hydrogen-bond acceptors (Lipinski definition) is 5. The van der Waals surface area contributed by atoms with Crippen LogP contribution >= 0.6 is 23.2 Å². The second-order valence-corrected chi connectivity index (χ2v) is 10.7. The number of carbonyl (C=O) groups is 1. The first-order valence-electron chi connectivity index (χ1n) is 11.7. The van der Waals surface area contributed by atoms with Gasteiger partial charge in [0.25, 0.3) is 0 Å². The maximum absolute atomic E-state index is 14.7. The van der Waals surface area contributed by atoms with Gasteiger partial charge < -0.3 is 11.1 Å². The van der Waals surface area contributed by atoms with Crippen molar-refractivity contribution in [3.63, 3.8) is 0 Å². The molecule has 2 heterocycles. The molecule has 2 aliphatic carbocycles. The molecule has 2 aromatic heterocycles. The minimum Gasteiger partial charge on any atom is -0.369 e. The molecule has 2 fully saturated rings. The quantitative estimate of drug-likeness (QED) is 0.431. The van der Waals surface area contributed by atoms with Crippen molar-refractivity contribution in [3.05, 3.63) is 40.0 Å². The normalized spacial score (nSPS) is 23.1. The number of anilines is 2. The van der Waals surface area contributed by atoms with Gasteiger partial charge in [-0.2, -0.15) is 0 Å². The van der Waals surface area contributed by atoms with Crippen LogP contribution < -0.4 is 11.1 Å². The minimum atomic E-state index is -0.571. The summed E-state index contributed by atoms with van der Waals surface area (Å²) in [6, 6.07) is 2.70. The second-order valence-electron chi connectivity index (χ2n) is 9.83. The van der Waals surface area contributed by atoms with Crippen molar-refractivity contribution >= 4 is 51.9 Å². The Morgan fingerprint density at radius 3 is 2.59 bits per heavy atom. The van der Waals surface area contributed by atoms with E-state index in [0.29, 0.717) is 35.9 Å². The first kappa shape index (κ1) is 23.3. The molecule has 34 heavy (non-hydrogen) atoms. The van der Waals surface area contributed by atoms with Crippen LogP contribution in [-0.4, -0.2) is 25.4 Å². The number of halogens is 3. The monoisotopic (exact) mass is 504 g/mol. The van der Waals surface area contributed by atoms with Crippen molar-refractivity contribution in [2.45, 2.75) is 64.3 Å². The minimum absolute atomic E-state index is 0.0144. The Morgan fingerprint density at radius 1 is 1.24 bits per heavy atom. The summed E-state index contributed by atoms with van der Waals surface area (Å²) in [5.74, 6) is 0.997. The highest BCUT2D eigenvalue weighted by atomic mass is 35.5. The highest BCUT2D eigenvalue weighted by Gasteiger charge is 2.38. The van der Waals surface area contributed by atoms with Gasteiger partial charge in [0.15, 0.2) is 5.65 Å². The Kier molecular flexibility index (Phi) is 6.14. The number of carbonyl (C=O) groups excluding carboxylic acids is 1. The average Bonchev–Trinajstić information content (AvgIpc) is 3.11. The van der Waals surface area contributed by atoms with Gasteiger partial charge in [0, 0.05) is 22.9 Å². The fourth-order valence-electron chi connectivity index (χ4n) is 4.93. The van der Waals surface area contributed by atoms with Crippen LogP contribution in [0.25, 0.3) is 11.2 Å². The molecule has 0 bridgehead atoms. The van der Waals surface area contributed by atoms with E-state index in [0.717, 1.165) is 25.1 Å². The maximum Gasteiger partial charge on any atom is 0.223 e. The van der Waals surface area contributed by atoms with Gasteiger partial charge in [0.1, 0.15) is 17.2 Å². The smallest absolute Gasteiger partial charge is 0.223 e. The van der Waals surface area contributed by atoms with E-state index in [1.165, 1.54) is 31.4 Å². The molecule has 2 aliphatic rings. The van der Waals surface area contributed by atoms with Crippen molar-refractivity contribution < 1.29 is 9.18 Å². The Bertz CT molecular complexity index is 1230. The van der Waals surface area contributed by atoms with Crippen LogP contribution in [0.2, 0.25) is 10.0 Å². The van der Waals surface area contributed by atoms with E-state index >= 15 is 0 Å². The van der Waals surface area contributed by atoms with Gasteiger partial charge in [-0.15, -0.1) is 0 Å². The van der Waals surface area contributed by atoms with Gasteiger partial charge in [0.05, 0.1) is 16.9 Å². The van der Waals surface area contributed by atoms with E-state index in [4.69, 9.17) is 38.9 Å². The van der Waals surface area contributed by atoms with Gasteiger partial charge in [-0.1, -0.05) is 49.4 Å². The molecule has 0 saturated heterocycles. The number of fused-ring (bicyclic) bond motifs is 1. The van der Waals surface area contributed by atoms with E-state index in [2.05, 4.69) is 10.3 Å². The molecule has 180 valence electrons. The zero-order valence-corrected chi connectivity index (χ0v) is 20.5. The molecule has 0 aliphatic heterocycles. The third-order valence-corrected chi connectivity index (χ3v) is 7.96.